The SMILES string of the molecule is CC1CC2(CNC(=O)c3cccn4nc(C(=O)N(C)CC(F)F)cc34)CC3CC3(C1)C2. The van der Waals surface area contributed by atoms with Crippen molar-refractivity contribution >= 4 is 17.3 Å². The summed E-state index contributed by atoms with van der Waals surface area (Å²) in [6, 6.07) is 4.91. The molecule has 1 N–H and O–H groups in total. The van der Waals surface area contributed by atoms with Crippen molar-refractivity contribution in [3.05, 3.63) is 35.7 Å². The van der Waals surface area contributed by atoms with E-state index < -0.39 is 18.9 Å². The number of aromatic nitrogens is 2. The Labute approximate surface area is 180 Å². The highest BCUT2D eigenvalue weighted by Gasteiger charge is 2.67. The van der Waals surface area contributed by atoms with Gasteiger partial charge in [-0.15, -0.1) is 0 Å². The summed E-state index contributed by atoms with van der Waals surface area (Å²) < 4.78 is 26.7. The van der Waals surface area contributed by atoms with Crippen LogP contribution >= 0.6 is 0 Å². The topological polar surface area (TPSA) is 66.7 Å². The molecule has 2 heterocycles. The molecule has 6 nitrogen and oxygen atoms in total. The highest BCUT2D eigenvalue weighted by molar-refractivity contribution is 6.02. The number of alkyl halides is 2. The number of nitrogens with one attached hydrogen (secondary N) is 1. The normalized spacial score (nSPS) is 31.0. The minimum absolute atomic E-state index is 0.0425. The summed E-state index contributed by atoms with van der Waals surface area (Å²) in [5, 5.41) is 7.35. The number of fused-ring (bicyclic) bond motifs is 2. The van der Waals surface area contributed by atoms with Crippen molar-refractivity contribution in [2.75, 3.05) is 20.1 Å². The molecule has 166 valence electrons. The molecule has 4 atom stereocenters. The highest BCUT2D eigenvalue weighted by Crippen LogP contribution is 2.75. The lowest BCUT2D eigenvalue weighted by atomic mass is 9.67. The van der Waals surface area contributed by atoms with Gasteiger partial charge in [0.2, 0.25) is 0 Å². The average molecular weight is 430 g/mol. The molecule has 0 radical (unpaired) electrons. The first-order valence-corrected chi connectivity index (χ1v) is 11.0. The van der Waals surface area contributed by atoms with Crippen molar-refractivity contribution in [1.82, 2.24) is 19.8 Å². The smallest absolute Gasteiger partial charge is 0.274 e. The maximum atomic E-state index is 13.1. The predicted octanol–water partition coefficient (Wildman–Crippen LogP) is 3.62. The quantitative estimate of drug-likeness (QED) is 0.761. The van der Waals surface area contributed by atoms with Crippen molar-refractivity contribution in [2.45, 2.75) is 45.5 Å². The number of carbonyl (C=O) groups is 2. The van der Waals surface area contributed by atoms with Gasteiger partial charge in [0.05, 0.1) is 17.6 Å². The Morgan fingerprint density at radius 2 is 2.13 bits per heavy atom. The molecule has 1 spiro atoms. The lowest BCUT2D eigenvalue weighted by molar-refractivity contribution is 0.0615. The first-order valence-electron chi connectivity index (χ1n) is 11.0. The highest BCUT2D eigenvalue weighted by atomic mass is 19.3. The monoisotopic (exact) mass is 430 g/mol. The van der Waals surface area contributed by atoms with Gasteiger partial charge in [-0.05, 0) is 73.0 Å². The molecule has 5 rings (SSSR count). The molecule has 2 aromatic rings. The second-order valence-corrected chi connectivity index (χ2v) is 10.2. The molecule has 2 bridgehead atoms. The fourth-order valence-electron chi connectivity index (χ4n) is 6.63. The number of rotatable bonds is 6. The van der Waals surface area contributed by atoms with Gasteiger partial charge in [-0.3, -0.25) is 9.59 Å². The van der Waals surface area contributed by atoms with Crippen LogP contribution in [-0.4, -0.2) is 52.9 Å². The molecule has 4 unspecified atom stereocenters. The lowest BCUT2D eigenvalue weighted by Gasteiger charge is -2.40. The third-order valence-corrected chi connectivity index (χ3v) is 7.65. The van der Waals surface area contributed by atoms with E-state index in [0.717, 1.165) is 17.2 Å². The van der Waals surface area contributed by atoms with Crippen molar-refractivity contribution in [3.8, 4) is 0 Å². The fourth-order valence-corrected chi connectivity index (χ4v) is 6.63. The number of carbonyl (C=O) groups excluding carboxylic acids is 2. The molecule has 0 saturated heterocycles. The van der Waals surface area contributed by atoms with Crippen molar-refractivity contribution in [3.63, 3.8) is 0 Å². The van der Waals surface area contributed by atoms with Crippen molar-refractivity contribution in [1.29, 1.82) is 0 Å². The van der Waals surface area contributed by atoms with Crippen LogP contribution < -0.4 is 5.32 Å². The Kier molecular flexibility index (Phi) is 4.61. The third kappa shape index (κ3) is 3.49. The number of hydrogen-bond donors (Lipinski definition) is 1. The minimum atomic E-state index is -2.62. The van der Waals surface area contributed by atoms with Gasteiger partial charge in [0, 0.05) is 19.8 Å². The van der Waals surface area contributed by atoms with Gasteiger partial charge in [0.25, 0.3) is 18.2 Å². The van der Waals surface area contributed by atoms with Crippen LogP contribution in [0.25, 0.3) is 5.52 Å². The van der Waals surface area contributed by atoms with Crippen LogP contribution in [0.2, 0.25) is 0 Å². The summed E-state index contributed by atoms with van der Waals surface area (Å²) in [6.07, 6.45) is 5.32. The van der Waals surface area contributed by atoms with E-state index in [4.69, 9.17) is 0 Å². The second-order valence-electron chi connectivity index (χ2n) is 10.2. The van der Waals surface area contributed by atoms with E-state index in [1.165, 1.54) is 43.3 Å². The Hall–Kier alpha value is -2.51. The zero-order valence-electron chi connectivity index (χ0n) is 17.9. The molecule has 3 saturated carbocycles. The van der Waals surface area contributed by atoms with Crippen LogP contribution in [0.3, 0.4) is 0 Å². The number of nitrogens with zero attached hydrogens (tertiary/aromatic N) is 3. The number of amides is 2. The molecule has 0 aromatic carbocycles. The van der Waals surface area contributed by atoms with Crippen molar-refractivity contribution < 1.29 is 18.4 Å². The summed E-state index contributed by atoms with van der Waals surface area (Å²) in [6.45, 7) is 2.34. The largest absolute Gasteiger partial charge is 0.351 e. The number of hydrogen-bond acceptors (Lipinski definition) is 3. The van der Waals surface area contributed by atoms with Crippen LogP contribution in [0.4, 0.5) is 8.78 Å². The van der Waals surface area contributed by atoms with E-state index in [1.807, 2.05) is 0 Å². The minimum Gasteiger partial charge on any atom is -0.351 e. The van der Waals surface area contributed by atoms with Crippen molar-refractivity contribution in [2.24, 2.45) is 22.7 Å². The summed E-state index contributed by atoms with van der Waals surface area (Å²) in [5.74, 6) is 0.759. The summed E-state index contributed by atoms with van der Waals surface area (Å²) in [7, 11) is 1.32. The summed E-state index contributed by atoms with van der Waals surface area (Å²) in [4.78, 5) is 26.4. The molecule has 2 amide bonds. The van der Waals surface area contributed by atoms with Crippen LogP contribution in [0.1, 0.15) is 59.9 Å². The van der Waals surface area contributed by atoms with Gasteiger partial charge in [-0.2, -0.15) is 5.10 Å². The molecule has 0 aliphatic heterocycles. The standard InChI is InChI=1S/C23H28F2N4O2/c1-14-7-22(9-15-10-23(15,8-14)12-22)13-26-20(30)16-4-3-5-29-18(16)6-17(27-29)21(31)28(2)11-19(24)25/h3-6,14-15,19H,7-13H2,1-2H3,(H,26,30). The predicted molar refractivity (Wildman–Crippen MR) is 111 cm³/mol. The van der Waals surface area contributed by atoms with E-state index in [1.54, 1.807) is 18.3 Å². The van der Waals surface area contributed by atoms with E-state index in [-0.39, 0.29) is 17.0 Å². The number of halogens is 2. The molecule has 2 aromatic heterocycles. The van der Waals surface area contributed by atoms with Crippen LogP contribution in [0, 0.1) is 22.7 Å². The maximum Gasteiger partial charge on any atom is 0.274 e. The Bertz CT molecular complexity index is 1050. The lowest BCUT2D eigenvalue weighted by Crippen LogP contribution is -2.40. The Morgan fingerprint density at radius 3 is 2.90 bits per heavy atom. The van der Waals surface area contributed by atoms with Crippen LogP contribution in [-0.2, 0) is 0 Å². The van der Waals surface area contributed by atoms with E-state index in [9.17, 15) is 18.4 Å². The van der Waals surface area contributed by atoms with E-state index >= 15 is 0 Å². The molecule has 3 fully saturated rings. The Balaban J connectivity index is 1.32. The van der Waals surface area contributed by atoms with Gasteiger partial charge >= 0.3 is 0 Å². The fraction of sp³-hybridized carbons (Fsp3) is 0.609. The summed E-state index contributed by atoms with van der Waals surface area (Å²) >= 11 is 0. The maximum absolute atomic E-state index is 13.1. The molecule has 3 aliphatic rings. The zero-order valence-corrected chi connectivity index (χ0v) is 17.9. The molecular weight excluding hydrogens is 402 g/mol. The zero-order chi connectivity index (χ0) is 22.0. The van der Waals surface area contributed by atoms with Gasteiger partial charge in [0.15, 0.2) is 5.69 Å². The molecule has 31 heavy (non-hydrogen) atoms. The Morgan fingerprint density at radius 1 is 1.32 bits per heavy atom. The second kappa shape index (κ2) is 7.00. The first kappa shape index (κ1) is 20.4. The van der Waals surface area contributed by atoms with E-state index in [0.29, 0.717) is 29.0 Å². The molecule has 3 aliphatic carbocycles. The first-order chi connectivity index (χ1) is 14.7. The van der Waals surface area contributed by atoms with Gasteiger partial charge in [-0.25, -0.2) is 13.3 Å². The summed E-state index contributed by atoms with van der Waals surface area (Å²) in [5.41, 5.74) is 1.73. The van der Waals surface area contributed by atoms with Gasteiger partial charge < -0.3 is 10.2 Å². The van der Waals surface area contributed by atoms with Gasteiger partial charge in [-0.1, -0.05) is 6.92 Å². The van der Waals surface area contributed by atoms with E-state index in [2.05, 4.69) is 17.3 Å². The average Bonchev–Trinajstić information content (AvgIpc) is 3.07. The number of pyridine rings is 1. The van der Waals surface area contributed by atoms with Gasteiger partial charge in [0.1, 0.15) is 0 Å². The third-order valence-electron chi connectivity index (χ3n) is 7.65. The molecular formula is C23H28F2N4O2. The van der Waals surface area contributed by atoms with Crippen LogP contribution in [0.15, 0.2) is 24.4 Å². The van der Waals surface area contributed by atoms with Crippen LogP contribution in [0.5, 0.6) is 0 Å². The molecule has 8 heteroatoms.